The molecule has 0 radical (unpaired) electrons. The van der Waals surface area contributed by atoms with E-state index in [1.54, 1.807) is 19.2 Å². The van der Waals surface area contributed by atoms with Crippen molar-refractivity contribution in [2.75, 3.05) is 33.3 Å². The number of hydrogen-bond donors (Lipinski definition) is 1. The number of benzene rings is 1. The number of methoxy groups -OCH3 is 1. The minimum atomic E-state index is -0.195. The Kier molecular flexibility index (Phi) is 9.14. The predicted octanol–water partition coefficient (Wildman–Crippen LogP) is 3.03. The summed E-state index contributed by atoms with van der Waals surface area (Å²) in [4.78, 5) is 2.40. The summed E-state index contributed by atoms with van der Waals surface area (Å²) in [6.45, 7) is 6.12. The molecule has 6 heteroatoms. The van der Waals surface area contributed by atoms with Crippen LogP contribution in [0.3, 0.4) is 0 Å². The molecule has 0 unspecified atom stereocenters. The molecule has 1 aromatic rings. The van der Waals surface area contributed by atoms with Crippen molar-refractivity contribution in [2.45, 2.75) is 19.4 Å². The minimum absolute atomic E-state index is 0. The van der Waals surface area contributed by atoms with Gasteiger partial charge in [-0.3, -0.25) is 4.90 Å². The quantitative estimate of drug-likeness (QED) is 0.921. The fourth-order valence-electron chi connectivity index (χ4n) is 2.63. The lowest BCUT2D eigenvalue weighted by molar-refractivity contribution is 0.166. The van der Waals surface area contributed by atoms with Gasteiger partial charge in [0.2, 0.25) is 0 Å². The molecule has 1 aliphatic heterocycles. The summed E-state index contributed by atoms with van der Waals surface area (Å²) in [7, 11) is 1.64. The van der Waals surface area contributed by atoms with Crippen molar-refractivity contribution in [3.8, 4) is 5.75 Å². The van der Waals surface area contributed by atoms with Crippen molar-refractivity contribution in [1.29, 1.82) is 0 Å². The van der Waals surface area contributed by atoms with Crippen LogP contribution in [-0.2, 0) is 0 Å². The Morgan fingerprint density at radius 1 is 1.30 bits per heavy atom. The molecule has 1 N–H and O–H groups in total. The molecule has 1 atom stereocenters. The molecule has 116 valence electrons. The number of hydrogen-bond acceptors (Lipinski definition) is 3. The van der Waals surface area contributed by atoms with Gasteiger partial charge in [0, 0.05) is 37.8 Å². The van der Waals surface area contributed by atoms with Crippen molar-refractivity contribution in [3.05, 3.63) is 29.6 Å². The second-order valence-corrected chi connectivity index (χ2v) is 4.60. The Bertz CT molecular complexity index is 401. The Morgan fingerprint density at radius 3 is 2.50 bits per heavy atom. The summed E-state index contributed by atoms with van der Waals surface area (Å²) in [5, 5.41) is 3.34. The Labute approximate surface area is 132 Å². The average Bonchev–Trinajstić information content (AvgIpc) is 2.41. The first-order chi connectivity index (χ1) is 8.76. The Morgan fingerprint density at radius 2 is 1.95 bits per heavy atom. The predicted molar refractivity (Wildman–Crippen MR) is 84.9 cm³/mol. The lowest BCUT2D eigenvalue weighted by atomic mass is 10.0. The van der Waals surface area contributed by atoms with Gasteiger partial charge in [-0.15, -0.1) is 24.8 Å². The van der Waals surface area contributed by atoms with E-state index in [-0.39, 0.29) is 36.7 Å². The molecule has 0 spiro atoms. The molecular weight excluding hydrogens is 302 g/mol. The highest BCUT2D eigenvalue weighted by molar-refractivity contribution is 5.85. The molecule has 1 aliphatic rings. The summed E-state index contributed by atoms with van der Waals surface area (Å²) in [6, 6.07) is 5.01. The smallest absolute Gasteiger partial charge is 0.123 e. The van der Waals surface area contributed by atoms with Gasteiger partial charge in [0.05, 0.1) is 7.11 Å². The summed E-state index contributed by atoms with van der Waals surface area (Å²) in [5.41, 5.74) is 0.960. The molecule has 2 rings (SSSR count). The number of halogens is 3. The van der Waals surface area contributed by atoms with E-state index >= 15 is 0 Å². The van der Waals surface area contributed by atoms with Crippen LogP contribution in [0.25, 0.3) is 0 Å². The van der Waals surface area contributed by atoms with Gasteiger partial charge in [0.1, 0.15) is 11.6 Å². The summed E-state index contributed by atoms with van der Waals surface area (Å²) in [6.07, 6.45) is 0.958. The van der Waals surface area contributed by atoms with Crippen LogP contribution in [0.2, 0.25) is 0 Å². The van der Waals surface area contributed by atoms with Crippen LogP contribution in [0.5, 0.6) is 5.75 Å². The standard InChI is InChI=1S/C14H21FN2O.2ClH/c1-3-13(17-8-6-16-7-9-17)12-10-11(15)4-5-14(12)18-2;;/h4-5,10,13,16H,3,6-9H2,1-2H3;2*1H/t13-;;/m1../s1. The fraction of sp³-hybridized carbons (Fsp3) is 0.571. The first-order valence-electron chi connectivity index (χ1n) is 6.54. The van der Waals surface area contributed by atoms with Crippen LogP contribution in [0.1, 0.15) is 24.9 Å². The van der Waals surface area contributed by atoms with Crippen molar-refractivity contribution < 1.29 is 9.13 Å². The van der Waals surface area contributed by atoms with E-state index in [9.17, 15) is 4.39 Å². The van der Waals surface area contributed by atoms with E-state index in [2.05, 4.69) is 17.1 Å². The number of piperazine rings is 1. The van der Waals surface area contributed by atoms with E-state index in [1.165, 1.54) is 6.07 Å². The number of rotatable bonds is 4. The molecule has 0 aromatic heterocycles. The molecule has 0 aliphatic carbocycles. The highest BCUT2D eigenvalue weighted by Crippen LogP contribution is 2.32. The van der Waals surface area contributed by atoms with Gasteiger partial charge in [0.15, 0.2) is 0 Å². The molecule has 1 aromatic carbocycles. The molecule has 0 bridgehead atoms. The van der Waals surface area contributed by atoms with Crippen molar-refractivity contribution in [3.63, 3.8) is 0 Å². The number of ether oxygens (including phenoxy) is 1. The number of nitrogens with one attached hydrogen (secondary N) is 1. The molecule has 1 fully saturated rings. The van der Waals surface area contributed by atoms with Crippen molar-refractivity contribution in [2.24, 2.45) is 0 Å². The van der Waals surface area contributed by atoms with Crippen LogP contribution in [0.15, 0.2) is 18.2 Å². The summed E-state index contributed by atoms with van der Waals surface area (Å²) >= 11 is 0. The number of nitrogens with zero attached hydrogens (tertiary/aromatic N) is 1. The van der Waals surface area contributed by atoms with Crippen molar-refractivity contribution in [1.82, 2.24) is 10.2 Å². The molecule has 3 nitrogen and oxygen atoms in total. The van der Waals surface area contributed by atoms with Gasteiger partial charge in [-0.05, 0) is 24.6 Å². The minimum Gasteiger partial charge on any atom is -0.496 e. The van der Waals surface area contributed by atoms with E-state index in [1.807, 2.05) is 0 Å². The van der Waals surface area contributed by atoms with Gasteiger partial charge in [-0.25, -0.2) is 4.39 Å². The first-order valence-corrected chi connectivity index (χ1v) is 6.54. The average molecular weight is 325 g/mol. The third kappa shape index (κ3) is 4.48. The van der Waals surface area contributed by atoms with Crippen LogP contribution in [0, 0.1) is 5.82 Å². The summed E-state index contributed by atoms with van der Waals surface area (Å²) in [5.74, 6) is 0.584. The normalized spacial score (nSPS) is 16.8. The monoisotopic (exact) mass is 324 g/mol. The zero-order valence-corrected chi connectivity index (χ0v) is 13.5. The fourth-order valence-corrected chi connectivity index (χ4v) is 2.63. The van der Waals surface area contributed by atoms with Crippen molar-refractivity contribution >= 4 is 24.8 Å². The Hall–Kier alpha value is -0.550. The molecular formula is C14H23Cl2FN2O. The molecule has 0 amide bonds. The largest absolute Gasteiger partial charge is 0.496 e. The van der Waals surface area contributed by atoms with E-state index in [0.29, 0.717) is 0 Å². The van der Waals surface area contributed by atoms with Crippen LogP contribution in [-0.4, -0.2) is 38.2 Å². The van der Waals surface area contributed by atoms with Gasteiger partial charge in [0.25, 0.3) is 0 Å². The SMILES string of the molecule is CC[C@H](c1cc(F)ccc1OC)N1CCNCC1.Cl.Cl. The summed E-state index contributed by atoms with van der Waals surface area (Å²) < 4.78 is 18.8. The zero-order chi connectivity index (χ0) is 13.0. The van der Waals surface area contributed by atoms with Crippen LogP contribution < -0.4 is 10.1 Å². The molecule has 1 saturated heterocycles. The highest BCUT2D eigenvalue weighted by atomic mass is 35.5. The Balaban J connectivity index is 0.00000180. The molecule has 0 saturated carbocycles. The van der Waals surface area contributed by atoms with Gasteiger partial charge < -0.3 is 10.1 Å². The van der Waals surface area contributed by atoms with E-state index in [0.717, 1.165) is 43.9 Å². The molecule has 20 heavy (non-hydrogen) atoms. The zero-order valence-electron chi connectivity index (χ0n) is 11.9. The van der Waals surface area contributed by atoms with Gasteiger partial charge in [-0.2, -0.15) is 0 Å². The lowest BCUT2D eigenvalue weighted by Crippen LogP contribution is -2.45. The maximum Gasteiger partial charge on any atom is 0.123 e. The van der Waals surface area contributed by atoms with Gasteiger partial charge >= 0.3 is 0 Å². The van der Waals surface area contributed by atoms with Crippen LogP contribution >= 0.6 is 24.8 Å². The third-order valence-electron chi connectivity index (χ3n) is 3.53. The lowest BCUT2D eigenvalue weighted by Gasteiger charge is -2.35. The van der Waals surface area contributed by atoms with E-state index in [4.69, 9.17) is 4.74 Å². The topological polar surface area (TPSA) is 24.5 Å². The van der Waals surface area contributed by atoms with Gasteiger partial charge in [-0.1, -0.05) is 6.92 Å². The van der Waals surface area contributed by atoms with E-state index < -0.39 is 0 Å². The van der Waals surface area contributed by atoms with Crippen LogP contribution in [0.4, 0.5) is 4.39 Å². The molecule has 1 heterocycles. The third-order valence-corrected chi connectivity index (χ3v) is 3.53. The highest BCUT2D eigenvalue weighted by Gasteiger charge is 2.23. The first kappa shape index (κ1) is 19.4. The maximum atomic E-state index is 13.5. The second-order valence-electron chi connectivity index (χ2n) is 4.60. The maximum absolute atomic E-state index is 13.5. The second kappa shape index (κ2) is 9.40.